The Morgan fingerprint density at radius 1 is 1.44 bits per heavy atom. The molecular formula is C14H21NO. The maximum atomic E-state index is 5.55. The van der Waals surface area contributed by atoms with E-state index in [1.54, 1.807) is 0 Å². The molecule has 2 rings (SSSR count). The van der Waals surface area contributed by atoms with E-state index in [2.05, 4.69) is 30.4 Å². The molecule has 1 aromatic rings. The topological polar surface area (TPSA) is 21.3 Å². The van der Waals surface area contributed by atoms with Gasteiger partial charge < -0.3 is 10.1 Å². The molecule has 0 bridgehead atoms. The number of hydrogen-bond acceptors (Lipinski definition) is 2. The fraction of sp³-hybridized carbons (Fsp3) is 0.571. The molecule has 1 fully saturated rings. The number of piperidine rings is 1. The molecule has 1 N–H and O–H groups in total. The quantitative estimate of drug-likeness (QED) is 0.844. The minimum atomic E-state index is 0.633. The van der Waals surface area contributed by atoms with Gasteiger partial charge >= 0.3 is 0 Å². The van der Waals surface area contributed by atoms with Gasteiger partial charge in [0.2, 0.25) is 0 Å². The normalized spacial score (nSPS) is 25.4. The van der Waals surface area contributed by atoms with Crippen molar-refractivity contribution in [2.24, 2.45) is 5.92 Å². The number of rotatable bonds is 3. The summed E-state index contributed by atoms with van der Waals surface area (Å²) in [5, 5.41) is 3.47. The Hall–Kier alpha value is -1.02. The summed E-state index contributed by atoms with van der Waals surface area (Å²) >= 11 is 0. The molecule has 1 saturated heterocycles. The van der Waals surface area contributed by atoms with Gasteiger partial charge in [0, 0.05) is 6.54 Å². The lowest BCUT2D eigenvalue weighted by atomic mass is 9.83. The van der Waals surface area contributed by atoms with Crippen molar-refractivity contribution in [1.82, 2.24) is 5.32 Å². The van der Waals surface area contributed by atoms with Crippen molar-refractivity contribution in [3.63, 3.8) is 0 Å². The van der Waals surface area contributed by atoms with Crippen LogP contribution in [-0.2, 0) is 0 Å². The third-order valence-electron chi connectivity index (χ3n) is 3.42. The highest BCUT2D eigenvalue weighted by molar-refractivity contribution is 5.31. The van der Waals surface area contributed by atoms with Crippen LogP contribution in [0.2, 0.25) is 0 Å². The highest BCUT2D eigenvalue weighted by Crippen LogP contribution is 2.30. The summed E-state index contributed by atoms with van der Waals surface area (Å²) in [6.45, 7) is 7.36. The van der Waals surface area contributed by atoms with Gasteiger partial charge in [-0.3, -0.25) is 0 Å². The SMILES string of the molecule is CCOc1cccc(C2CNCCC2C)c1. The third kappa shape index (κ3) is 2.56. The van der Waals surface area contributed by atoms with E-state index in [4.69, 9.17) is 4.74 Å². The molecule has 0 spiro atoms. The number of nitrogens with one attached hydrogen (secondary N) is 1. The summed E-state index contributed by atoms with van der Waals surface area (Å²) in [7, 11) is 0. The molecule has 1 aliphatic rings. The van der Waals surface area contributed by atoms with Crippen molar-refractivity contribution in [2.45, 2.75) is 26.2 Å². The van der Waals surface area contributed by atoms with Gasteiger partial charge in [-0.2, -0.15) is 0 Å². The molecule has 1 aromatic carbocycles. The molecule has 2 nitrogen and oxygen atoms in total. The van der Waals surface area contributed by atoms with Crippen LogP contribution in [0.15, 0.2) is 24.3 Å². The maximum absolute atomic E-state index is 5.55. The average Bonchev–Trinajstić information content (AvgIpc) is 2.30. The van der Waals surface area contributed by atoms with E-state index in [-0.39, 0.29) is 0 Å². The van der Waals surface area contributed by atoms with E-state index in [1.807, 2.05) is 13.0 Å². The van der Waals surface area contributed by atoms with Crippen LogP contribution in [-0.4, -0.2) is 19.7 Å². The minimum absolute atomic E-state index is 0.633. The molecule has 1 aliphatic heterocycles. The predicted octanol–water partition coefficient (Wildman–Crippen LogP) is 2.80. The second-order valence-electron chi connectivity index (χ2n) is 4.58. The molecule has 0 saturated carbocycles. The zero-order chi connectivity index (χ0) is 11.4. The maximum Gasteiger partial charge on any atom is 0.119 e. The number of ether oxygens (including phenoxy) is 1. The van der Waals surface area contributed by atoms with Gasteiger partial charge in [0.15, 0.2) is 0 Å². The van der Waals surface area contributed by atoms with E-state index in [0.717, 1.165) is 31.4 Å². The van der Waals surface area contributed by atoms with Crippen LogP contribution in [0.1, 0.15) is 31.7 Å². The number of benzene rings is 1. The Kier molecular flexibility index (Phi) is 3.83. The number of hydrogen-bond donors (Lipinski definition) is 1. The van der Waals surface area contributed by atoms with Crippen molar-refractivity contribution in [3.8, 4) is 5.75 Å². The lowest BCUT2D eigenvalue weighted by molar-refractivity contribution is 0.333. The molecule has 2 heteroatoms. The van der Waals surface area contributed by atoms with Crippen molar-refractivity contribution in [3.05, 3.63) is 29.8 Å². The van der Waals surface area contributed by atoms with Crippen LogP contribution in [0, 0.1) is 5.92 Å². The van der Waals surface area contributed by atoms with Crippen LogP contribution in [0.25, 0.3) is 0 Å². The molecule has 88 valence electrons. The summed E-state index contributed by atoms with van der Waals surface area (Å²) < 4.78 is 5.55. The Labute approximate surface area is 98.0 Å². The summed E-state index contributed by atoms with van der Waals surface area (Å²) in [5.41, 5.74) is 1.41. The highest BCUT2D eigenvalue weighted by Gasteiger charge is 2.22. The Bertz CT molecular complexity index is 337. The smallest absolute Gasteiger partial charge is 0.119 e. The average molecular weight is 219 g/mol. The van der Waals surface area contributed by atoms with Crippen molar-refractivity contribution in [2.75, 3.05) is 19.7 Å². The van der Waals surface area contributed by atoms with Crippen molar-refractivity contribution < 1.29 is 4.74 Å². The molecule has 1 heterocycles. The summed E-state index contributed by atoms with van der Waals surface area (Å²) in [6, 6.07) is 8.55. The van der Waals surface area contributed by atoms with E-state index >= 15 is 0 Å². The lowest BCUT2D eigenvalue weighted by Gasteiger charge is -2.30. The van der Waals surface area contributed by atoms with Gasteiger partial charge in [-0.25, -0.2) is 0 Å². The van der Waals surface area contributed by atoms with Crippen LogP contribution in [0.3, 0.4) is 0 Å². The lowest BCUT2D eigenvalue weighted by Crippen LogP contribution is -2.33. The molecule has 2 unspecified atom stereocenters. The monoisotopic (exact) mass is 219 g/mol. The zero-order valence-electron chi connectivity index (χ0n) is 10.2. The first-order valence-corrected chi connectivity index (χ1v) is 6.24. The van der Waals surface area contributed by atoms with Crippen LogP contribution in [0.4, 0.5) is 0 Å². The van der Waals surface area contributed by atoms with E-state index in [1.165, 1.54) is 12.0 Å². The molecule has 0 amide bonds. The van der Waals surface area contributed by atoms with E-state index in [9.17, 15) is 0 Å². The zero-order valence-corrected chi connectivity index (χ0v) is 10.2. The molecular weight excluding hydrogens is 198 g/mol. The van der Waals surface area contributed by atoms with Crippen molar-refractivity contribution >= 4 is 0 Å². The van der Waals surface area contributed by atoms with Gasteiger partial charge in [0.25, 0.3) is 0 Å². The van der Waals surface area contributed by atoms with Gasteiger partial charge in [0.1, 0.15) is 5.75 Å². The standard InChI is InChI=1S/C14H21NO/c1-3-16-13-6-4-5-12(9-13)14-10-15-8-7-11(14)2/h4-6,9,11,14-15H,3,7-8,10H2,1-2H3. The first-order chi connectivity index (χ1) is 7.81. The van der Waals surface area contributed by atoms with Gasteiger partial charge in [0.05, 0.1) is 6.61 Å². The summed E-state index contributed by atoms with van der Waals surface area (Å²) in [5.74, 6) is 2.39. The fourth-order valence-electron chi connectivity index (χ4n) is 2.44. The second kappa shape index (κ2) is 5.35. The second-order valence-corrected chi connectivity index (χ2v) is 4.58. The first-order valence-electron chi connectivity index (χ1n) is 6.24. The fourth-order valence-corrected chi connectivity index (χ4v) is 2.44. The van der Waals surface area contributed by atoms with Gasteiger partial charge in [-0.05, 0) is 49.4 Å². The molecule has 2 atom stereocenters. The van der Waals surface area contributed by atoms with Crippen LogP contribution >= 0.6 is 0 Å². The molecule has 0 aromatic heterocycles. The summed E-state index contributed by atoms with van der Waals surface area (Å²) in [6.07, 6.45) is 1.27. The first kappa shape index (κ1) is 11.5. The molecule has 16 heavy (non-hydrogen) atoms. The van der Waals surface area contributed by atoms with E-state index in [0.29, 0.717) is 5.92 Å². The van der Waals surface area contributed by atoms with E-state index < -0.39 is 0 Å². The van der Waals surface area contributed by atoms with Gasteiger partial charge in [-0.15, -0.1) is 0 Å². The Morgan fingerprint density at radius 2 is 2.31 bits per heavy atom. The Balaban J connectivity index is 2.15. The highest BCUT2D eigenvalue weighted by atomic mass is 16.5. The predicted molar refractivity (Wildman–Crippen MR) is 67.0 cm³/mol. The molecule has 0 aliphatic carbocycles. The van der Waals surface area contributed by atoms with Crippen LogP contribution in [0.5, 0.6) is 5.75 Å². The van der Waals surface area contributed by atoms with Gasteiger partial charge in [-0.1, -0.05) is 19.1 Å². The summed E-state index contributed by atoms with van der Waals surface area (Å²) in [4.78, 5) is 0. The van der Waals surface area contributed by atoms with Crippen LogP contribution < -0.4 is 10.1 Å². The largest absolute Gasteiger partial charge is 0.494 e. The Morgan fingerprint density at radius 3 is 3.06 bits per heavy atom. The molecule has 0 radical (unpaired) electrons. The van der Waals surface area contributed by atoms with Crippen molar-refractivity contribution in [1.29, 1.82) is 0 Å². The third-order valence-corrected chi connectivity index (χ3v) is 3.42. The minimum Gasteiger partial charge on any atom is -0.494 e.